The highest BCUT2D eigenvalue weighted by molar-refractivity contribution is 9.10. The van der Waals surface area contributed by atoms with Gasteiger partial charge in [0.25, 0.3) is 5.91 Å². The van der Waals surface area contributed by atoms with Crippen molar-refractivity contribution in [3.63, 3.8) is 0 Å². The van der Waals surface area contributed by atoms with E-state index in [9.17, 15) is 9.59 Å². The molecule has 1 N–H and O–H groups in total. The molecule has 1 aliphatic carbocycles. The molecular weight excluding hydrogens is 575 g/mol. The Balaban J connectivity index is 1.61. The summed E-state index contributed by atoms with van der Waals surface area (Å²) in [6.07, 6.45) is 4.50. The van der Waals surface area contributed by atoms with Crippen molar-refractivity contribution < 1.29 is 14.3 Å². The van der Waals surface area contributed by atoms with Crippen molar-refractivity contribution in [2.24, 2.45) is 0 Å². The fourth-order valence-corrected chi connectivity index (χ4v) is 5.38. The van der Waals surface area contributed by atoms with E-state index in [4.69, 9.17) is 27.9 Å². The molecule has 1 fully saturated rings. The van der Waals surface area contributed by atoms with Crippen LogP contribution < -0.4 is 10.1 Å². The largest absolute Gasteiger partial charge is 0.482 e. The minimum Gasteiger partial charge on any atom is -0.482 e. The fourth-order valence-electron chi connectivity index (χ4n) is 4.52. The Morgan fingerprint density at radius 1 is 0.973 bits per heavy atom. The number of benzene rings is 3. The molecule has 0 radical (unpaired) electrons. The van der Waals surface area contributed by atoms with Crippen molar-refractivity contribution in [3.05, 3.63) is 98.4 Å². The van der Waals surface area contributed by atoms with Crippen LogP contribution in [0.4, 0.5) is 0 Å². The highest BCUT2D eigenvalue weighted by atomic mass is 79.9. The van der Waals surface area contributed by atoms with E-state index >= 15 is 0 Å². The summed E-state index contributed by atoms with van der Waals surface area (Å²) in [4.78, 5) is 29.0. The number of carbonyl (C=O) groups excluding carboxylic acids is 2. The summed E-state index contributed by atoms with van der Waals surface area (Å²) in [6.45, 7) is -0.0139. The average molecular weight is 604 g/mol. The summed E-state index contributed by atoms with van der Waals surface area (Å²) < 4.78 is 6.62. The summed E-state index contributed by atoms with van der Waals surface area (Å²) in [5, 5.41) is 4.20. The molecule has 1 aliphatic rings. The number of carbonyl (C=O) groups is 2. The molecule has 0 spiro atoms. The quantitative estimate of drug-likeness (QED) is 0.276. The number of nitrogens with zero attached hydrogens (tertiary/aromatic N) is 1. The Labute approximate surface area is 236 Å². The first-order valence-corrected chi connectivity index (χ1v) is 13.9. The molecule has 194 valence electrons. The van der Waals surface area contributed by atoms with E-state index in [1.54, 1.807) is 35.2 Å². The molecule has 0 aliphatic heterocycles. The molecule has 37 heavy (non-hydrogen) atoms. The second-order valence-electron chi connectivity index (χ2n) is 9.21. The first-order chi connectivity index (χ1) is 17.9. The first-order valence-electron chi connectivity index (χ1n) is 12.3. The minimum absolute atomic E-state index is 0.135. The molecule has 3 aromatic rings. The molecule has 4 rings (SSSR count). The maximum Gasteiger partial charge on any atom is 0.261 e. The van der Waals surface area contributed by atoms with Gasteiger partial charge in [-0.1, -0.05) is 94.4 Å². The molecule has 0 unspecified atom stereocenters. The van der Waals surface area contributed by atoms with Crippen LogP contribution in [0.25, 0.3) is 0 Å². The van der Waals surface area contributed by atoms with Gasteiger partial charge in [-0.15, -0.1) is 0 Å². The van der Waals surface area contributed by atoms with Gasteiger partial charge in [0.1, 0.15) is 11.8 Å². The number of halogens is 3. The molecule has 0 heterocycles. The average Bonchev–Trinajstić information content (AvgIpc) is 3.40. The highest BCUT2D eigenvalue weighted by Crippen LogP contribution is 2.28. The fraction of sp³-hybridized carbons (Fsp3) is 0.310. The van der Waals surface area contributed by atoms with Crippen molar-refractivity contribution in [2.45, 2.75) is 50.7 Å². The summed E-state index contributed by atoms with van der Waals surface area (Å²) in [7, 11) is 0. The summed E-state index contributed by atoms with van der Waals surface area (Å²) in [5.74, 6) is -0.0594. The molecular formula is C29H29BrCl2N2O3. The zero-order chi connectivity index (χ0) is 26.2. The second kappa shape index (κ2) is 13.3. The summed E-state index contributed by atoms with van der Waals surface area (Å²) in [6, 6.07) is 21.7. The first kappa shape index (κ1) is 27.5. The van der Waals surface area contributed by atoms with Gasteiger partial charge in [-0.25, -0.2) is 0 Å². The Bertz CT molecular complexity index is 1200. The van der Waals surface area contributed by atoms with E-state index in [-0.39, 0.29) is 31.0 Å². The third-order valence-electron chi connectivity index (χ3n) is 6.48. The van der Waals surface area contributed by atoms with Gasteiger partial charge in [-0.2, -0.15) is 0 Å². The molecule has 0 saturated heterocycles. The van der Waals surface area contributed by atoms with Gasteiger partial charge in [-0.05, 0) is 54.3 Å². The summed E-state index contributed by atoms with van der Waals surface area (Å²) >= 11 is 15.8. The van der Waals surface area contributed by atoms with Gasteiger partial charge in [0.15, 0.2) is 6.61 Å². The van der Waals surface area contributed by atoms with Crippen LogP contribution in [-0.2, 0) is 22.6 Å². The smallest absolute Gasteiger partial charge is 0.261 e. The topological polar surface area (TPSA) is 58.6 Å². The standard InChI is InChI=1S/C29H29BrCl2N2O3/c30-22-12-15-27(25(32)17-22)37-19-28(35)34(18-21-10-13-23(31)14-11-21)26(16-20-6-2-1-3-7-20)29(36)33-24-8-4-5-9-24/h1-3,6-7,10-15,17,24,26H,4-5,8-9,16,18-19H2,(H,33,36)/t26-/m0/s1. The number of hydrogen-bond donors (Lipinski definition) is 1. The molecule has 5 nitrogen and oxygen atoms in total. The molecule has 0 aromatic heterocycles. The zero-order valence-electron chi connectivity index (χ0n) is 20.3. The van der Waals surface area contributed by atoms with Crippen molar-refractivity contribution in [1.29, 1.82) is 0 Å². The predicted octanol–water partition coefficient (Wildman–Crippen LogP) is 6.83. The van der Waals surface area contributed by atoms with E-state index in [0.717, 1.165) is 41.3 Å². The molecule has 1 atom stereocenters. The van der Waals surface area contributed by atoms with E-state index in [1.165, 1.54) is 0 Å². The van der Waals surface area contributed by atoms with E-state index < -0.39 is 6.04 Å². The molecule has 3 aromatic carbocycles. The zero-order valence-corrected chi connectivity index (χ0v) is 23.4. The molecule has 8 heteroatoms. The Morgan fingerprint density at radius 3 is 2.35 bits per heavy atom. The Hall–Kier alpha value is -2.54. The maximum absolute atomic E-state index is 13.7. The lowest BCUT2D eigenvalue weighted by Crippen LogP contribution is -2.53. The van der Waals surface area contributed by atoms with Crippen LogP contribution in [0.15, 0.2) is 77.3 Å². The van der Waals surface area contributed by atoms with Crippen LogP contribution in [0, 0.1) is 0 Å². The molecule has 0 bridgehead atoms. The van der Waals surface area contributed by atoms with E-state index in [1.807, 2.05) is 42.5 Å². The molecule has 1 saturated carbocycles. The van der Waals surface area contributed by atoms with Gasteiger partial charge in [0, 0.05) is 28.5 Å². The van der Waals surface area contributed by atoms with E-state index in [0.29, 0.717) is 22.2 Å². The van der Waals surface area contributed by atoms with Gasteiger partial charge in [0.05, 0.1) is 5.02 Å². The van der Waals surface area contributed by atoms with Crippen molar-refractivity contribution in [3.8, 4) is 5.75 Å². The Kier molecular flexibility index (Phi) is 9.89. The van der Waals surface area contributed by atoms with Crippen LogP contribution in [0.2, 0.25) is 10.0 Å². The minimum atomic E-state index is -0.713. The lowest BCUT2D eigenvalue weighted by molar-refractivity contribution is -0.143. The maximum atomic E-state index is 13.7. The van der Waals surface area contributed by atoms with Gasteiger partial charge in [0.2, 0.25) is 5.91 Å². The van der Waals surface area contributed by atoms with Crippen LogP contribution in [-0.4, -0.2) is 35.4 Å². The van der Waals surface area contributed by atoms with Crippen molar-refractivity contribution in [1.82, 2.24) is 10.2 Å². The van der Waals surface area contributed by atoms with Gasteiger partial charge in [-0.3, -0.25) is 9.59 Å². The van der Waals surface area contributed by atoms with Crippen LogP contribution in [0.3, 0.4) is 0 Å². The lowest BCUT2D eigenvalue weighted by atomic mass is 10.0. The normalized spacial score (nSPS) is 14.2. The van der Waals surface area contributed by atoms with E-state index in [2.05, 4.69) is 21.2 Å². The lowest BCUT2D eigenvalue weighted by Gasteiger charge is -2.32. The third-order valence-corrected chi connectivity index (χ3v) is 7.52. The third kappa shape index (κ3) is 7.97. The van der Waals surface area contributed by atoms with Crippen LogP contribution >= 0.6 is 39.1 Å². The van der Waals surface area contributed by atoms with Crippen molar-refractivity contribution >= 4 is 50.9 Å². The number of nitrogens with one attached hydrogen (secondary N) is 1. The summed E-state index contributed by atoms with van der Waals surface area (Å²) in [5.41, 5.74) is 1.84. The number of rotatable bonds is 10. The highest BCUT2D eigenvalue weighted by Gasteiger charge is 2.32. The molecule has 2 amide bonds. The van der Waals surface area contributed by atoms with Gasteiger partial charge < -0.3 is 15.0 Å². The number of amides is 2. The number of hydrogen-bond acceptors (Lipinski definition) is 3. The van der Waals surface area contributed by atoms with Crippen molar-refractivity contribution in [2.75, 3.05) is 6.61 Å². The van der Waals surface area contributed by atoms with Crippen LogP contribution in [0.5, 0.6) is 5.75 Å². The number of ether oxygens (including phenoxy) is 1. The monoisotopic (exact) mass is 602 g/mol. The Morgan fingerprint density at radius 2 is 1.68 bits per heavy atom. The van der Waals surface area contributed by atoms with Gasteiger partial charge >= 0.3 is 0 Å². The predicted molar refractivity (Wildman–Crippen MR) is 151 cm³/mol. The SMILES string of the molecule is O=C(NC1CCCC1)[C@H](Cc1ccccc1)N(Cc1ccc(Cl)cc1)C(=O)COc1ccc(Br)cc1Cl. The van der Waals surface area contributed by atoms with Crippen LogP contribution in [0.1, 0.15) is 36.8 Å². The second-order valence-corrected chi connectivity index (χ2v) is 11.0.